The van der Waals surface area contributed by atoms with Gasteiger partial charge in [0.15, 0.2) is 6.61 Å². The molecule has 3 rings (SSSR count). The molecule has 0 spiro atoms. The number of esters is 1. The van der Waals surface area contributed by atoms with E-state index in [0.29, 0.717) is 13.0 Å². The van der Waals surface area contributed by atoms with E-state index in [1.807, 2.05) is 13.0 Å². The Bertz CT molecular complexity index is 822. The highest BCUT2D eigenvalue weighted by Crippen LogP contribution is 2.38. The quantitative estimate of drug-likeness (QED) is 0.533. The standard InChI is InChI=1S/C22H29F3N2O3/c1-14-5-8-18(27(12-14)19(28)20(29)30-13-22(23,24)25)16-6-7-17-15(11-16)9-10-26(4)21(17,2)3/h6-7,11,14,18H,5,8-10,12-13H2,1-4H3/t14-,18?/m0/s1. The van der Waals surface area contributed by atoms with Crippen molar-refractivity contribution < 1.29 is 27.5 Å². The van der Waals surface area contributed by atoms with E-state index in [1.165, 1.54) is 16.0 Å². The van der Waals surface area contributed by atoms with Crippen LogP contribution in [0.25, 0.3) is 0 Å². The lowest BCUT2D eigenvalue weighted by atomic mass is 9.81. The maximum atomic E-state index is 12.7. The van der Waals surface area contributed by atoms with Gasteiger partial charge < -0.3 is 9.64 Å². The lowest BCUT2D eigenvalue weighted by Crippen LogP contribution is -2.46. The highest BCUT2D eigenvalue weighted by Gasteiger charge is 2.38. The molecular weight excluding hydrogens is 397 g/mol. The SMILES string of the molecule is C[C@H]1CCC(c2ccc3c(c2)CCN(C)C3(C)C)N(C(=O)C(=O)OCC(F)(F)F)C1. The lowest BCUT2D eigenvalue weighted by molar-refractivity contribution is -0.190. The summed E-state index contributed by atoms with van der Waals surface area (Å²) in [6, 6.07) is 5.79. The van der Waals surface area contributed by atoms with Crippen molar-refractivity contribution in [2.75, 3.05) is 26.7 Å². The van der Waals surface area contributed by atoms with Crippen LogP contribution in [-0.2, 0) is 26.3 Å². The van der Waals surface area contributed by atoms with Crippen molar-refractivity contribution in [3.05, 3.63) is 34.9 Å². The second-order valence-electron chi connectivity index (χ2n) is 8.99. The summed E-state index contributed by atoms with van der Waals surface area (Å²) in [5.41, 5.74) is 3.25. The monoisotopic (exact) mass is 426 g/mol. The minimum atomic E-state index is -4.66. The molecule has 1 amide bonds. The maximum absolute atomic E-state index is 12.7. The Balaban J connectivity index is 1.85. The van der Waals surface area contributed by atoms with Crippen LogP contribution in [0.5, 0.6) is 0 Å². The van der Waals surface area contributed by atoms with Crippen LogP contribution in [0.2, 0.25) is 0 Å². The fourth-order valence-electron chi connectivity index (χ4n) is 4.45. The second kappa shape index (κ2) is 8.21. The van der Waals surface area contributed by atoms with Crippen molar-refractivity contribution in [3.63, 3.8) is 0 Å². The van der Waals surface area contributed by atoms with Gasteiger partial charge in [0.25, 0.3) is 0 Å². The molecule has 0 aromatic heterocycles. The number of halogens is 3. The van der Waals surface area contributed by atoms with E-state index in [2.05, 4.69) is 42.7 Å². The number of alkyl halides is 3. The Morgan fingerprint density at radius 3 is 2.60 bits per heavy atom. The number of carbonyl (C=O) groups excluding carboxylic acids is 2. The summed E-state index contributed by atoms with van der Waals surface area (Å²) in [4.78, 5) is 28.3. The normalized spacial score (nSPS) is 24.3. The van der Waals surface area contributed by atoms with E-state index in [-0.39, 0.29) is 17.5 Å². The van der Waals surface area contributed by atoms with E-state index < -0.39 is 24.7 Å². The van der Waals surface area contributed by atoms with Gasteiger partial charge in [-0.3, -0.25) is 9.69 Å². The van der Waals surface area contributed by atoms with Gasteiger partial charge in [-0.25, -0.2) is 4.79 Å². The first kappa shape index (κ1) is 22.6. The third kappa shape index (κ3) is 4.63. The Morgan fingerprint density at radius 2 is 1.93 bits per heavy atom. The van der Waals surface area contributed by atoms with E-state index in [4.69, 9.17) is 0 Å². The van der Waals surface area contributed by atoms with Crippen molar-refractivity contribution in [3.8, 4) is 0 Å². The summed E-state index contributed by atoms with van der Waals surface area (Å²) in [6.45, 7) is 5.77. The van der Waals surface area contributed by atoms with Crippen LogP contribution < -0.4 is 0 Å². The first-order chi connectivity index (χ1) is 13.9. The number of fused-ring (bicyclic) bond motifs is 1. The Kier molecular flexibility index (Phi) is 6.18. The molecule has 1 saturated heterocycles. The summed E-state index contributed by atoms with van der Waals surface area (Å²) < 4.78 is 41.3. The predicted molar refractivity (Wildman–Crippen MR) is 106 cm³/mol. The molecular formula is C22H29F3N2O3. The minimum absolute atomic E-state index is 0.107. The zero-order chi connectivity index (χ0) is 22.3. The number of likely N-dealkylation sites (N-methyl/N-ethyl adjacent to an activating group) is 1. The summed E-state index contributed by atoms with van der Waals surface area (Å²) in [5, 5.41) is 0. The van der Waals surface area contributed by atoms with Gasteiger partial charge in [-0.1, -0.05) is 25.1 Å². The van der Waals surface area contributed by atoms with E-state index >= 15 is 0 Å². The van der Waals surface area contributed by atoms with Gasteiger partial charge in [0.05, 0.1) is 6.04 Å². The van der Waals surface area contributed by atoms with Crippen molar-refractivity contribution in [2.45, 2.75) is 57.8 Å². The van der Waals surface area contributed by atoms with Gasteiger partial charge in [0.1, 0.15) is 0 Å². The van der Waals surface area contributed by atoms with Crippen molar-refractivity contribution in [1.29, 1.82) is 0 Å². The van der Waals surface area contributed by atoms with E-state index in [9.17, 15) is 22.8 Å². The smallest absolute Gasteiger partial charge is 0.422 e. The number of ether oxygens (including phenoxy) is 1. The van der Waals surface area contributed by atoms with Crippen molar-refractivity contribution in [2.24, 2.45) is 5.92 Å². The van der Waals surface area contributed by atoms with Crippen LogP contribution in [-0.4, -0.2) is 54.6 Å². The summed E-state index contributed by atoms with van der Waals surface area (Å²) >= 11 is 0. The molecule has 0 saturated carbocycles. The minimum Gasteiger partial charge on any atom is -0.449 e. The van der Waals surface area contributed by atoms with Gasteiger partial charge in [0.2, 0.25) is 0 Å². The Hall–Kier alpha value is -2.09. The molecule has 1 fully saturated rings. The van der Waals surface area contributed by atoms with Crippen LogP contribution in [0.4, 0.5) is 13.2 Å². The highest BCUT2D eigenvalue weighted by atomic mass is 19.4. The topological polar surface area (TPSA) is 49.9 Å². The number of carbonyl (C=O) groups is 2. The molecule has 2 heterocycles. The average molecular weight is 426 g/mol. The van der Waals surface area contributed by atoms with Gasteiger partial charge in [-0.15, -0.1) is 0 Å². The predicted octanol–water partition coefficient (Wildman–Crippen LogP) is 3.81. The number of benzene rings is 1. The molecule has 30 heavy (non-hydrogen) atoms. The molecule has 166 valence electrons. The number of hydrogen-bond donors (Lipinski definition) is 0. The fraction of sp³-hybridized carbons (Fsp3) is 0.636. The molecule has 1 aromatic rings. The number of piperidine rings is 1. The summed E-state index contributed by atoms with van der Waals surface area (Å²) in [7, 11) is 2.09. The fourth-order valence-corrected chi connectivity index (χ4v) is 4.45. The molecule has 0 N–H and O–H groups in total. The molecule has 2 aliphatic rings. The first-order valence-corrected chi connectivity index (χ1v) is 10.3. The Labute approximate surface area is 175 Å². The number of hydrogen-bond acceptors (Lipinski definition) is 4. The largest absolute Gasteiger partial charge is 0.449 e. The van der Waals surface area contributed by atoms with Crippen LogP contribution in [0, 0.1) is 5.92 Å². The molecule has 5 nitrogen and oxygen atoms in total. The molecule has 2 aliphatic heterocycles. The average Bonchev–Trinajstić information content (AvgIpc) is 2.67. The van der Waals surface area contributed by atoms with Crippen LogP contribution in [0.1, 0.15) is 56.3 Å². The van der Waals surface area contributed by atoms with Gasteiger partial charge >= 0.3 is 18.1 Å². The number of nitrogens with zero attached hydrogens (tertiary/aromatic N) is 2. The van der Waals surface area contributed by atoms with Crippen LogP contribution in [0.15, 0.2) is 18.2 Å². The molecule has 2 atom stereocenters. The zero-order valence-electron chi connectivity index (χ0n) is 17.9. The molecule has 1 unspecified atom stereocenters. The van der Waals surface area contributed by atoms with Gasteiger partial charge in [0, 0.05) is 18.6 Å². The third-order valence-corrected chi connectivity index (χ3v) is 6.46. The summed E-state index contributed by atoms with van der Waals surface area (Å²) in [5.74, 6) is -2.30. The van der Waals surface area contributed by atoms with E-state index in [1.54, 1.807) is 0 Å². The van der Waals surface area contributed by atoms with Crippen molar-refractivity contribution >= 4 is 11.9 Å². The lowest BCUT2D eigenvalue weighted by Gasteiger charge is -2.43. The van der Waals surface area contributed by atoms with Crippen molar-refractivity contribution in [1.82, 2.24) is 9.80 Å². The Morgan fingerprint density at radius 1 is 1.23 bits per heavy atom. The zero-order valence-corrected chi connectivity index (χ0v) is 17.9. The number of amides is 1. The van der Waals surface area contributed by atoms with E-state index in [0.717, 1.165) is 24.9 Å². The number of rotatable bonds is 2. The molecule has 0 aliphatic carbocycles. The van der Waals surface area contributed by atoms with Gasteiger partial charge in [-0.05, 0) is 62.8 Å². The van der Waals surface area contributed by atoms with Crippen LogP contribution in [0.3, 0.4) is 0 Å². The van der Waals surface area contributed by atoms with Crippen LogP contribution >= 0.6 is 0 Å². The maximum Gasteiger partial charge on any atom is 0.422 e. The molecule has 1 aromatic carbocycles. The summed E-state index contributed by atoms with van der Waals surface area (Å²) in [6.07, 6.45) is -2.25. The first-order valence-electron chi connectivity index (χ1n) is 10.3. The third-order valence-electron chi connectivity index (χ3n) is 6.46. The molecule has 8 heteroatoms. The highest BCUT2D eigenvalue weighted by molar-refractivity contribution is 6.32. The molecule has 0 radical (unpaired) electrons. The number of likely N-dealkylation sites (tertiary alicyclic amines) is 1. The second-order valence-corrected chi connectivity index (χ2v) is 8.99. The molecule has 0 bridgehead atoms. The van der Waals surface area contributed by atoms with Gasteiger partial charge in [-0.2, -0.15) is 13.2 Å².